The van der Waals surface area contributed by atoms with Crippen molar-refractivity contribution in [3.63, 3.8) is 0 Å². The van der Waals surface area contributed by atoms with Gasteiger partial charge in [0.05, 0.1) is 23.4 Å². The number of hydrogen-bond acceptors (Lipinski definition) is 3. The van der Waals surface area contributed by atoms with Gasteiger partial charge in [-0.25, -0.2) is 0 Å². The molecule has 0 unspecified atom stereocenters. The van der Waals surface area contributed by atoms with Crippen LogP contribution in [0, 0.1) is 0 Å². The molecule has 2 heterocycles. The van der Waals surface area contributed by atoms with Crippen LogP contribution in [0.1, 0.15) is 41.0 Å². The van der Waals surface area contributed by atoms with Crippen molar-refractivity contribution in [3.8, 4) is 11.1 Å². The average molecular weight is 358 g/mol. The van der Waals surface area contributed by atoms with E-state index in [4.69, 9.17) is 0 Å². The number of nitrogens with zero attached hydrogens (tertiary/aromatic N) is 2. The van der Waals surface area contributed by atoms with E-state index in [0.29, 0.717) is 18.7 Å². The average Bonchev–Trinajstić information content (AvgIpc) is 2.98. The number of amides is 1. The highest BCUT2D eigenvalue weighted by atomic mass is 16.3. The van der Waals surface area contributed by atoms with E-state index in [1.54, 1.807) is 26.1 Å². The molecule has 0 spiro atoms. The lowest BCUT2D eigenvalue weighted by Gasteiger charge is -2.18. The minimum Gasteiger partial charge on any atom is -0.386 e. The van der Waals surface area contributed by atoms with E-state index in [1.165, 1.54) is 0 Å². The van der Waals surface area contributed by atoms with Crippen molar-refractivity contribution in [2.45, 2.75) is 32.5 Å². The molecular formula is C23H22N2O2. The van der Waals surface area contributed by atoms with Gasteiger partial charge in [0, 0.05) is 12.7 Å². The van der Waals surface area contributed by atoms with Crippen LogP contribution in [0.15, 0.2) is 66.9 Å². The summed E-state index contributed by atoms with van der Waals surface area (Å²) in [6.07, 6.45) is 1.73. The van der Waals surface area contributed by atoms with Crippen LogP contribution in [0.2, 0.25) is 0 Å². The summed E-state index contributed by atoms with van der Waals surface area (Å²) < 4.78 is 0. The standard InChI is InChI=1S/C23H22N2O2/c1-23(2,27)19-11-9-18(10-12-19)17-7-5-16(6-8-17)14-25-15-21-20(22(25)26)4-3-13-24-21/h3-13,27H,14-15H2,1-2H3. The second-order valence-corrected chi connectivity index (χ2v) is 7.49. The Kier molecular flexibility index (Phi) is 4.28. The third-order valence-corrected chi connectivity index (χ3v) is 5.00. The number of aromatic nitrogens is 1. The first-order valence-corrected chi connectivity index (χ1v) is 9.07. The van der Waals surface area contributed by atoms with Crippen molar-refractivity contribution in [2.75, 3.05) is 0 Å². The number of fused-ring (bicyclic) bond motifs is 1. The summed E-state index contributed by atoms with van der Waals surface area (Å²) in [7, 11) is 0. The van der Waals surface area contributed by atoms with Gasteiger partial charge in [-0.1, -0.05) is 48.5 Å². The van der Waals surface area contributed by atoms with Crippen molar-refractivity contribution in [2.24, 2.45) is 0 Å². The highest BCUT2D eigenvalue weighted by molar-refractivity contribution is 5.97. The van der Waals surface area contributed by atoms with Gasteiger partial charge >= 0.3 is 0 Å². The molecule has 4 rings (SSSR count). The monoisotopic (exact) mass is 358 g/mol. The van der Waals surface area contributed by atoms with Crippen molar-refractivity contribution in [3.05, 3.63) is 89.2 Å². The quantitative estimate of drug-likeness (QED) is 0.763. The van der Waals surface area contributed by atoms with Gasteiger partial charge in [-0.2, -0.15) is 0 Å². The molecule has 1 aliphatic rings. The fourth-order valence-electron chi connectivity index (χ4n) is 3.40. The maximum Gasteiger partial charge on any atom is 0.256 e. The fraction of sp³-hybridized carbons (Fsp3) is 0.217. The van der Waals surface area contributed by atoms with E-state index < -0.39 is 5.60 Å². The van der Waals surface area contributed by atoms with E-state index >= 15 is 0 Å². The van der Waals surface area contributed by atoms with Crippen LogP contribution in [0.4, 0.5) is 0 Å². The zero-order chi connectivity index (χ0) is 19.0. The van der Waals surface area contributed by atoms with Crippen LogP contribution in [-0.2, 0) is 18.7 Å². The maximum atomic E-state index is 12.5. The number of pyridine rings is 1. The van der Waals surface area contributed by atoms with Gasteiger partial charge in [0.1, 0.15) is 0 Å². The molecule has 0 saturated heterocycles. The Hall–Kier alpha value is -2.98. The van der Waals surface area contributed by atoms with E-state index in [0.717, 1.165) is 27.9 Å². The zero-order valence-electron chi connectivity index (χ0n) is 15.5. The normalized spacial score (nSPS) is 13.7. The maximum absolute atomic E-state index is 12.5. The summed E-state index contributed by atoms with van der Waals surface area (Å²) >= 11 is 0. The Morgan fingerprint density at radius 1 is 1.00 bits per heavy atom. The van der Waals surface area contributed by atoms with Crippen molar-refractivity contribution in [1.82, 2.24) is 9.88 Å². The van der Waals surface area contributed by atoms with Gasteiger partial charge in [0.2, 0.25) is 0 Å². The van der Waals surface area contributed by atoms with E-state index in [1.807, 2.05) is 35.2 Å². The van der Waals surface area contributed by atoms with Crippen LogP contribution in [0.3, 0.4) is 0 Å². The summed E-state index contributed by atoms with van der Waals surface area (Å²) in [6, 6.07) is 19.9. The molecule has 1 N–H and O–H groups in total. The van der Waals surface area contributed by atoms with E-state index in [9.17, 15) is 9.90 Å². The van der Waals surface area contributed by atoms with Crippen LogP contribution in [0.25, 0.3) is 11.1 Å². The first kappa shape index (κ1) is 17.4. The molecule has 4 nitrogen and oxygen atoms in total. The van der Waals surface area contributed by atoms with Crippen LogP contribution >= 0.6 is 0 Å². The molecule has 0 bridgehead atoms. The zero-order valence-corrected chi connectivity index (χ0v) is 15.5. The van der Waals surface area contributed by atoms with Gasteiger partial charge < -0.3 is 10.0 Å². The molecule has 0 saturated carbocycles. The van der Waals surface area contributed by atoms with Crippen LogP contribution in [-0.4, -0.2) is 20.9 Å². The van der Waals surface area contributed by atoms with Crippen molar-refractivity contribution < 1.29 is 9.90 Å². The summed E-state index contributed by atoms with van der Waals surface area (Å²) in [4.78, 5) is 18.6. The molecule has 4 heteroatoms. The molecule has 0 aliphatic carbocycles. The van der Waals surface area contributed by atoms with E-state index in [2.05, 4.69) is 29.2 Å². The SMILES string of the molecule is CC(C)(O)c1ccc(-c2ccc(CN3Cc4ncccc4C3=O)cc2)cc1. The number of aliphatic hydroxyl groups is 1. The molecule has 0 radical (unpaired) electrons. The largest absolute Gasteiger partial charge is 0.386 e. The lowest BCUT2D eigenvalue weighted by molar-refractivity contribution is 0.0764. The first-order chi connectivity index (χ1) is 12.9. The first-order valence-electron chi connectivity index (χ1n) is 9.07. The summed E-state index contributed by atoms with van der Waals surface area (Å²) in [5.74, 6) is 0.0457. The predicted molar refractivity (Wildman–Crippen MR) is 105 cm³/mol. The molecule has 0 fully saturated rings. The summed E-state index contributed by atoms with van der Waals surface area (Å²) in [5, 5.41) is 10.1. The smallest absolute Gasteiger partial charge is 0.256 e. The molecular weight excluding hydrogens is 336 g/mol. The number of carbonyl (C=O) groups excluding carboxylic acids is 1. The molecule has 1 aromatic heterocycles. The molecule has 136 valence electrons. The Labute approximate surface area is 159 Å². The number of hydrogen-bond donors (Lipinski definition) is 1. The van der Waals surface area contributed by atoms with Crippen molar-refractivity contribution in [1.29, 1.82) is 0 Å². The third kappa shape index (κ3) is 3.49. The number of carbonyl (C=O) groups is 1. The highest BCUT2D eigenvalue weighted by Crippen LogP contribution is 2.26. The Bertz CT molecular complexity index is 971. The second-order valence-electron chi connectivity index (χ2n) is 7.49. The molecule has 2 aromatic carbocycles. The number of rotatable bonds is 4. The van der Waals surface area contributed by atoms with Gasteiger partial charge in [-0.15, -0.1) is 0 Å². The van der Waals surface area contributed by atoms with E-state index in [-0.39, 0.29) is 5.91 Å². The Balaban J connectivity index is 1.48. The molecule has 0 atom stereocenters. The van der Waals surface area contributed by atoms with Gasteiger partial charge in [0.25, 0.3) is 5.91 Å². The van der Waals surface area contributed by atoms with Crippen LogP contribution < -0.4 is 0 Å². The third-order valence-electron chi connectivity index (χ3n) is 5.00. The Morgan fingerprint density at radius 3 is 2.22 bits per heavy atom. The molecule has 1 aliphatic heterocycles. The Morgan fingerprint density at radius 2 is 1.63 bits per heavy atom. The molecule has 27 heavy (non-hydrogen) atoms. The second kappa shape index (κ2) is 6.63. The molecule has 1 amide bonds. The predicted octanol–water partition coefficient (Wildman–Crippen LogP) is 4.13. The lowest BCUT2D eigenvalue weighted by Crippen LogP contribution is -2.23. The minimum atomic E-state index is -0.836. The number of benzene rings is 2. The summed E-state index contributed by atoms with van der Waals surface area (Å²) in [5.41, 5.74) is 4.92. The van der Waals surface area contributed by atoms with Gasteiger partial charge in [0.15, 0.2) is 0 Å². The van der Waals surface area contributed by atoms with Gasteiger partial charge in [-0.05, 0) is 48.2 Å². The summed E-state index contributed by atoms with van der Waals surface area (Å²) in [6.45, 7) is 4.71. The molecule has 3 aromatic rings. The lowest BCUT2D eigenvalue weighted by atomic mass is 9.95. The van der Waals surface area contributed by atoms with Crippen LogP contribution in [0.5, 0.6) is 0 Å². The minimum absolute atomic E-state index is 0.0457. The fourth-order valence-corrected chi connectivity index (χ4v) is 3.40. The van der Waals surface area contributed by atoms with Crippen molar-refractivity contribution >= 4 is 5.91 Å². The van der Waals surface area contributed by atoms with Gasteiger partial charge in [-0.3, -0.25) is 9.78 Å². The highest BCUT2D eigenvalue weighted by Gasteiger charge is 2.27. The topological polar surface area (TPSA) is 53.4 Å².